The molecule has 0 aromatic heterocycles. The topological polar surface area (TPSA) is 0 Å². The van der Waals surface area contributed by atoms with Crippen LogP contribution in [0.25, 0.3) is 0 Å². The first-order valence-corrected chi connectivity index (χ1v) is 8.15. The highest BCUT2D eigenvalue weighted by Crippen LogP contribution is 2.25. The van der Waals surface area contributed by atoms with Crippen LogP contribution in [0.4, 0.5) is 0 Å². The summed E-state index contributed by atoms with van der Waals surface area (Å²) in [7, 11) is 0.569. The minimum Gasteiger partial charge on any atom is -0.0648 e. The summed E-state index contributed by atoms with van der Waals surface area (Å²) in [6.07, 6.45) is 5.58. The number of hydrogen-bond acceptors (Lipinski definition) is 0. The third-order valence-corrected chi connectivity index (χ3v) is 6.18. The first kappa shape index (κ1) is 12.0. The van der Waals surface area contributed by atoms with Crippen LogP contribution in [0.1, 0.15) is 51.0 Å². The zero-order valence-electron chi connectivity index (χ0n) is 10.5. The average molecular weight is 235 g/mol. The molecule has 0 radical (unpaired) electrons. The molecule has 88 valence electrons. The van der Waals surface area contributed by atoms with Gasteiger partial charge in [0.15, 0.2) is 4.90 Å². The molecule has 1 atom stereocenters. The maximum atomic E-state index is 2.38. The maximum Gasteiger partial charge on any atom is 0.154 e. The van der Waals surface area contributed by atoms with Crippen LogP contribution in [-0.2, 0) is 10.9 Å². The van der Waals surface area contributed by atoms with Gasteiger partial charge in [-0.15, -0.1) is 0 Å². The van der Waals surface area contributed by atoms with Crippen molar-refractivity contribution >= 4 is 10.9 Å². The Labute approximate surface area is 103 Å². The summed E-state index contributed by atoms with van der Waals surface area (Å²) in [5.74, 6) is 3.58. The summed E-state index contributed by atoms with van der Waals surface area (Å²) in [5, 5.41) is 0. The molecule has 0 spiro atoms. The van der Waals surface area contributed by atoms with Crippen molar-refractivity contribution < 1.29 is 0 Å². The van der Waals surface area contributed by atoms with Gasteiger partial charge in [0.25, 0.3) is 0 Å². The van der Waals surface area contributed by atoms with Crippen LogP contribution in [0.5, 0.6) is 0 Å². The van der Waals surface area contributed by atoms with Crippen LogP contribution in [0.3, 0.4) is 0 Å². The molecule has 0 amide bonds. The van der Waals surface area contributed by atoms with E-state index in [0.29, 0.717) is 16.8 Å². The van der Waals surface area contributed by atoms with Gasteiger partial charge in [-0.25, -0.2) is 0 Å². The Kier molecular flexibility index (Phi) is 4.34. The second-order valence-electron chi connectivity index (χ2n) is 4.84. The van der Waals surface area contributed by atoms with Crippen molar-refractivity contribution in [1.82, 2.24) is 0 Å². The summed E-state index contributed by atoms with van der Waals surface area (Å²) < 4.78 is 0. The van der Waals surface area contributed by atoms with Crippen LogP contribution in [-0.4, -0.2) is 11.5 Å². The molecule has 2 rings (SSSR count). The van der Waals surface area contributed by atoms with Gasteiger partial charge in [0.1, 0.15) is 11.5 Å². The third kappa shape index (κ3) is 2.82. The predicted octanol–water partition coefficient (Wildman–Crippen LogP) is 4.36. The zero-order valence-corrected chi connectivity index (χ0v) is 11.4. The van der Waals surface area contributed by atoms with Gasteiger partial charge in [0.05, 0.1) is 0 Å². The van der Waals surface area contributed by atoms with Gasteiger partial charge in [-0.2, -0.15) is 0 Å². The first-order valence-electron chi connectivity index (χ1n) is 6.58. The summed E-state index contributed by atoms with van der Waals surface area (Å²) >= 11 is 0. The molecule has 1 aliphatic rings. The Balaban J connectivity index is 2.06. The highest BCUT2D eigenvalue weighted by molar-refractivity contribution is 7.96. The summed E-state index contributed by atoms with van der Waals surface area (Å²) in [4.78, 5) is 1.60. The van der Waals surface area contributed by atoms with Gasteiger partial charge >= 0.3 is 0 Å². The second kappa shape index (κ2) is 5.77. The third-order valence-electron chi connectivity index (χ3n) is 3.68. The fourth-order valence-electron chi connectivity index (χ4n) is 2.29. The van der Waals surface area contributed by atoms with E-state index in [4.69, 9.17) is 0 Å². The molecule has 1 heterocycles. The highest BCUT2D eigenvalue weighted by atomic mass is 32.2. The van der Waals surface area contributed by atoms with Crippen molar-refractivity contribution in [2.75, 3.05) is 11.5 Å². The Hall–Kier alpha value is -0.430. The van der Waals surface area contributed by atoms with Crippen molar-refractivity contribution in [2.24, 2.45) is 0 Å². The van der Waals surface area contributed by atoms with Gasteiger partial charge in [-0.05, 0) is 49.3 Å². The fraction of sp³-hybridized carbons (Fsp3) is 0.600. The second-order valence-corrected chi connectivity index (χ2v) is 7.11. The lowest BCUT2D eigenvalue weighted by Gasteiger charge is -2.14. The number of rotatable bonds is 3. The molecule has 0 saturated carbocycles. The monoisotopic (exact) mass is 235 g/mol. The van der Waals surface area contributed by atoms with Crippen LogP contribution >= 0.6 is 0 Å². The van der Waals surface area contributed by atoms with Crippen LogP contribution in [0.15, 0.2) is 29.2 Å². The molecule has 1 heteroatoms. The van der Waals surface area contributed by atoms with Crippen LogP contribution < -0.4 is 0 Å². The smallest absolute Gasteiger partial charge is 0.0648 e. The standard InChI is InChI=1S/C15H23S/c1-3-13(2)14-7-9-15(10-8-14)16-11-5-4-6-12-16/h7-10,13H,3-6,11-12H2,1-2H3/q+1. The van der Waals surface area contributed by atoms with E-state index in [1.165, 1.54) is 42.8 Å². The molecule has 1 fully saturated rings. The summed E-state index contributed by atoms with van der Waals surface area (Å²) in [6.45, 7) is 4.58. The fourth-order valence-corrected chi connectivity index (χ4v) is 4.59. The van der Waals surface area contributed by atoms with E-state index >= 15 is 0 Å². The molecular formula is C15H23S+. The lowest BCUT2D eigenvalue weighted by Crippen LogP contribution is -2.17. The Morgan fingerprint density at radius 3 is 2.25 bits per heavy atom. The molecule has 1 aromatic rings. The summed E-state index contributed by atoms with van der Waals surface area (Å²) in [5.41, 5.74) is 1.51. The van der Waals surface area contributed by atoms with Crippen molar-refractivity contribution in [3.05, 3.63) is 29.8 Å². The number of benzene rings is 1. The van der Waals surface area contributed by atoms with Gasteiger partial charge in [-0.3, -0.25) is 0 Å². The Bertz CT molecular complexity index is 309. The predicted molar refractivity (Wildman–Crippen MR) is 74.4 cm³/mol. The van der Waals surface area contributed by atoms with E-state index in [2.05, 4.69) is 38.1 Å². The Morgan fingerprint density at radius 2 is 1.69 bits per heavy atom. The van der Waals surface area contributed by atoms with Crippen molar-refractivity contribution in [2.45, 2.75) is 50.3 Å². The van der Waals surface area contributed by atoms with E-state index in [0.717, 1.165) is 0 Å². The van der Waals surface area contributed by atoms with Gasteiger partial charge in [-0.1, -0.05) is 26.0 Å². The summed E-state index contributed by atoms with van der Waals surface area (Å²) in [6, 6.07) is 9.47. The largest absolute Gasteiger partial charge is 0.154 e. The molecule has 0 bridgehead atoms. The van der Waals surface area contributed by atoms with E-state index in [1.807, 2.05) is 0 Å². The van der Waals surface area contributed by atoms with Crippen molar-refractivity contribution in [3.63, 3.8) is 0 Å². The lowest BCUT2D eigenvalue weighted by molar-refractivity contribution is 0.732. The van der Waals surface area contributed by atoms with Gasteiger partial charge < -0.3 is 0 Å². The van der Waals surface area contributed by atoms with Gasteiger partial charge in [0, 0.05) is 10.9 Å². The van der Waals surface area contributed by atoms with Crippen LogP contribution in [0.2, 0.25) is 0 Å². The van der Waals surface area contributed by atoms with E-state index < -0.39 is 0 Å². The molecule has 0 N–H and O–H groups in total. The molecule has 16 heavy (non-hydrogen) atoms. The van der Waals surface area contributed by atoms with Crippen LogP contribution in [0, 0.1) is 0 Å². The Morgan fingerprint density at radius 1 is 1.06 bits per heavy atom. The average Bonchev–Trinajstić information content (AvgIpc) is 2.39. The van der Waals surface area contributed by atoms with Crippen molar-refractivity contribution in [1.29, 1.82) is 0 Å². The highest BCUT2D eigenvalue weighted by Gasteiger charge is 2.24. The molecular weight excluding hydrogens is 212 g/mol. The lowest BCUT2D eigenvalue weighted by atomic mass is 9.99. The molecule has 1 aromatic carbocycles. The maximum absolute atomic E-state index is 2.38. The van der Waals surface area contributed by atoms with Gasteiger partial charge in [0.2, 0.25) is 0 Å². The zero-order chi connectivity index (χ0) is 11.4. The quantitative estimate of drug-likeness (QED) is 0.683. The number of hydrogen-bond donors (Lipinski definition) is 0. The minimum atomic E-state index is 0.569. The molecule has 0 aliphatic carbocycles. The van der Waals surface area contributed by atoms with Crippen molar-refractivity contribution in [3.8, 4) is 0 Å². The minimum absolute atomic E-state index is 0.569. The molecule has 1 saturated heterocycles. The van der Waals surface area contributed by atoms with E-state index in [-0.39, 0.29) is 0 Å². The molecule has 1 unspecified atom stereocenters. The molecule has 0 nitrogen and oxygen atoms in total. The van der Waals surface area contributed by atoms with E-state index in [9.17, 15) is 0 Å². The molecule has 1 aliphatic heterocycles. The SMILES string of the molecule is CCC(C)c1ccc([S+]2CCCCC2)cc1. The first-order chi connectivity index (χ1) is 7.81. The normalized spacial score (nSPS) is 19.6. The van der Waals surface area contributed by atoms with E-state index in [1.54, 1.807) is 4.90 Å².